The lowest BCUT2D eigenvalue weighted by Gasteiger charge is -2.47. The van der Waals surface area contributed by atoms with Crippen molar-refractivity contribution in [3.63, 3.8) is 0 Å². The number of hydrogen-bond donors (Lipinski definition) is 3. The highest BCUT2D eigenvalue weighted by atomic mass is 16.5. The highest BCUT2D eigenvalue weighted by Crippen LogP contribution is 2.31. The summed E-state index contributed by atoms with van der Waals surface area (Å²) in [6, 6.07) is 7.31. The van der Waals surface area contributed by atoms with Gasteiger partial charge in [0.2, 0.25) is 11.8 Å². The summed E-state index contributed by atoms with van der Waals surface area (Å²) in [7, 11) is 0. The van der Waals surface area contributed by atoms with Crippen LogP contribution in [0.2, 0.25) is 0 Å². The summed E-state index contributed by atoms with van der Waals surface area (Å²) in [6.45, 7) is 10.2. The van der Waals surface area contributed by atoms with Crippen molar-refractivity contribution in [3.8, 4) is 5.75 Å². The second-order valence-corrected chi connectivity index (χ2v) is 16.1. The van der Waals surface area contributed by atoms with Gasteiger partial charge in [-0.1, -0.05) is 51.0 Å². The minimum absolute atomic E-state index is 0.0632. The minimum atomic E-state index is -0.636. The van der Waals surface area contributed by atoms with Crippen molar-refractivity contribution < 1.29 is 23.8 Å². The van der Waals surface area contributed by atoms with Gasteiger partial charge in [-0.2, -0.15) is 0 Å². The molecule has 1 aliphatic carbocycles. The van der Waals surface area contributed by atoms with Gasteiger partial charge in [-0.05, 0) is 82.1 Å². The number of aliphatic hydroxyl groups is 1. The summed E-state index contributed by atoms with van der Waals surface area (Å²) in [5.74, 6) is 1.69. The molecule has 2 aromatic rings. The zero-order chi connectivity index (χ0) is 36.5. The molecule has 4 aliphatic rings. The molecule has 2 saturated heterocycles. The lowest BCUT2D eigenvalue weighted by molar-refractivity contribution is -0.133. The monoisotopic (exact) mass is 720 g/mol. The lowest BCUT2D eigenvalue weighted by Crippen LogP contribution is -2.60. The van der Waals surface area contributed by atoms with E-state index in [1.165, 1.54) is 75.3 Å². The second kappa shape index (κ2) is 18.9. The number of amides is 2. The van der Waals surface area contributed by atoms with E-state index in [0.717, 1.165) is 75.5 Å². The highest BCUT2D eigenvalue weighted by Gasteiger charge is 2.38. The Morgan fingerprint density at radius 2 is 1.77 bits per heavy atom. The third-order valence-electron chi connectivity index (χ3n) is 12.2. The normalized spacial score (nSPS) is 26.3. The van der Waals surface area contributed by atoms with Crippen LogP contribution in [0.25, 0.3) is 0 Å². The molecule has 3 N–H and O–H groups in total. The number of benzene rings is 1. The second-order valence-electron chi connectivity index (χ2n) is 16.1. The van der Waals surface area contributed by atoms with Crippen molar-refractivity contribution >= 4 is 11.8 Å². The van der Waals surface area contributed by atoms with Gasteiger partial charge in [0.1, 0.15) is 12.4 Å². The Bertz CT molecular complexity index is 1440. The Morgan fingerprint density at radius 1 is 1.00 bits per heavy atom. The molecule has 3 aliphatic heterocycles. The molecule has 6 rings (SSSR count). The molecule has 2 unspecified atom stereocenters. The van der Waals surface area contributed by atoms with Crippen molar-refractivity contribution in [1.29, 1.82) is 0 Å². The van der Waals surface area contributed by atoms with Crippen molar-refractivity contribution in [3.05, 3.63) is 47.2 Å². The van der Waals surface area contributed by atoms with Gasteiger partial charge in [0, 0.05) is 70.2 Å². The Labute approximate surface area is 311 Å². The Kier molecular flexibility index (Phi) is 14.0. The molecular weight excluding hydrogens is 656 g/mol. The number of hydrogen-bond acceptors (Lipinski definition) is 9. The molecule has 0 bridgehead atoms. The number of fused-ring (bicyclic) bond motifs is 1. The number of aryl methyl sites for hydroxylation is 1. The third kappa shape index (κ3) is 10.6. The first-order chi connectivity index (χ1) is 25.2. The molecule has 4 heterocycles. The van der Waals surface area contributed by atoms with E-state index in [9.17, 15) is 14.7 Å². The fraction of sp³-hybridized carbons (Fsp3) is 0.732. The number of piperidine rings is 2. The van der Waals surface area contributed by atoms with Crippen LogP contribution >= 0.6 is 0 Å². The largest absolute Gasteiger partial charge is 0.486 e. The summed E-state index contributed by atoms with van der Waals surface area (Å²) < 4.78 is 11.4. The zero-order valence-electron chi connectivity index (χ0n) is 32.0. The van der Waals surface area contributed by atoms with Gasteiger partial charge in [0.25, 0.3) is 0 Å². The van der Waals surface area contributed by atoms with Crippen LogP contribution in [0.15, 0.2) is 29.0 Å². The molecule has 1 saturated carbocycles. The molecule has 52 heavy (non-hydrogen) atoms. The quantitative estimate of drug-likeness (QED) is 0.283. The molecule has 2 amide bonds. The predicted molar refractivity (Wildman–Crippen MR) is 202 cm³/mol. The minimum Gasteiger partial charge on any atom is -0.486 e. The van der Waals surface area contributed by atoms with Crippen LogP contribution in [0, 0.1) is 12.8 Å². The number of nitrogens with one attached hydrogen (secondary N) is 2. The number of aromatic nitrogens is 1. The summed E-state index contributed by atoms with van der Waals surface area (Å²) in [5.41, 5.74) is 3.35. The van der Waals surface area contributed by atoms with Gasteiger partial charge in [-0.15, -0.1) is 0 Å². The van der Waals surface area contributed by atoms with E-state index in [1.54, 1.807) is 6.92 Å². The van der Waals surface area contributed by atoms with Crippen LogP contribution in [-0.2, 0) is 29.2 Å². The molecule has 288 valence electrons. The molecule has 5 atom stereocenters. The number of aliphatic hydroxyl groups excluding tert-OH is 1. The summed E-state index contributed by atoms with van der Waals surface area (Å²) in [6.07, 6.45) is 17.1. The number of ether oxygens (including phenoxy) is 1. The standard InChI is InChI=1S/C41H64N6O5/c1-29-21-35(17-20-46(29)31(3)48)44-40-23-33(16-19-47(40)36-11-9-7-5-4-6-8-10-12-36)41(50)42-24-37(49)26-45-18-15-32-22-38(14-13-34(32)25-45)51-27-39-30(2)43-28-52-39/h13-14,22,28-29,33,35-37,40,44,49H,4-12,15-21,23-27H2,1-3H3,(H,42,50)/t29-,33?,35+,37+,40?/m1/s1. The number of carbonyl (C=O) groups excluding carboxylic acids is 2. The molecule has 1 aromatic heterocycles. The fourth-order valence-corrected chi connectivity index (χ4v) is 9.18. The first-order valence-electron chi connectivity index (χ1n) is 20.3. The number of rotatable bonds is 11. The van der Waals surface area contributed by atoms with Crippen molar-refractivity contribution in [1.82, 2.24) is 30.3 Å². The number of carbonyl (C=O) groups is 2. The Morgan fingerprint density at radius 3 is 2.48 bits per heavy atom. The van der Waals surface area contributed by atoms with E-state index in [1.807, 2.05) is 17.9 Å². The smallest absolute Gasteiger partial charge is 0.223 e. The van der Waals surface area contributed by atoms with Crippen LogP contribution in [0.3, 0.4) is 0 Å². The van der Waals surface area contributed by atoms with Crippen molar-refractivity contribution in [2.45, 2.75) is 154 Å². The average molecular weight is 721 g/mol. The number of likely N-dealkylation sites (tertiary alicyclic amines) is 2. The fourth-order valence-electron chi connectivity index (χ4n) is 9.18. The number of β-amino-alcohol motifs (C(OH)–C–C–N with tert-alkyl or cyclic N) is 1. The van der Waals surface area contributed by atoms with Crippen LogP contribution < -0.4 is 15.4 Å². The summed E-state index contributed by atoms with van der Waals surface area (Å²) in [4.78, 5) is 36.9. The maximum atomic E-state index is 13.7. The van der Waals surface area contributed by atoms with E-state index < -0.39 is 6.10 Å². The third-order valence-corrected chi connectivity index (χ3v) is 12.2. The summed E-state index contributed by atoms with van der Waals surface area (Å²) >= 11 is 0. The molecule has 11 heteroatoms. The summed E-state index contributed by atoms with van der Waals surface area (Å²) in [5, 5.41) is 18.2. The molecular formula is C41H64N6O5. The van der Waals surface area contributed by atoms with Crippen LogP contribution in [0.1, 0.15) is 120 Å². The molecule has 11 nitrogen and oxygen atoms in total. The molecule has 0 spiro atoms. The van der Waals surface area contributed by atoms with E-state index in [2.05, 4.69) is 44.5 Å². The molecule has 1 aromatic carbocycles. The van der Waals surface area contributed by atoms with E-state index in [4.69, 9.17) is 9.15 Å². The maximum Gasteiger partial charge on any atom is 0.223 e. The van der Waals surface area contributed by atoms with Crippen LogP contribution in [0.4, 0.5) is 0 Å². The van der Waals surface area contributed by atoms with Gasteiger partial charge in [-0.3, -0.25) is 24.7 Å². The van der Waals surface area contributed by atoms with Gasteiger partial charge in [0.05, 0.1) is 18.0 Å². The van der Waals surface area contributed by atoms with E-state index in [0.29, 0.717) is 25.2 Å². The predicted octanol–water partition coefficient (Wildman–Crippen LogP) is 5.32. The van der Waals surface area contributed by atoms with Crippen molar-refractivity contribution in [2.24, 2.45) is 5.92 Å². The Balaban J connectivity index is 0.997. The van der Waals surface area contributed by atoms with Gasteiger partial charge >= 0.3 is 0 Å². The van der Waals surface area contributed by atoms with Gasteiger partial charge in [-0.25, -0.2) is 4.98 Å². The van der Waals surface area contributed by atoms with Gasteiger partial charge in [0.15, 0.2) is 12.2 Å². The van der Waals surface area contributed by atoms with Crippen LogP contribution in [-0.4, -0.2) is 99.7 Å². The average Bonchev–Trinajstić information content (AvgIpc) is 3.56. The van der Waals surface area contributed by atoms with E-state index in [-0.39, 0.29) is 36.5 Å². The topological polar surface area (TPSA) is 123 Å². The van der Waals surface area contributed by atoms with Crippen molar-refractivity contribution in [2.75, 3.05) is 32.7 Å². The maximum absolute atomic E-state index is 13.7. The molecule has 0 radical (unpaired) electrons. The Hall–Kier alpha value is -2.99. The van der Waals surface area contributed by atoms with Crippen LogP contribution in [0.5, 0.6) is 5.75 Å². The zero-order valence-corrected chi connectivity index (χ0v) is 32.0. The SMILES string of the molecule is CC(=O)N1CC[C@H](NC2CC(C(=O)NC[C@H](O)CN3CCc4cc(OCc5ocnc5C)ccc4C3)CCN2C2CCCCCCCCC2)C[C@H]1C. The lowest BCUT2D eigenvalue weighted by atomic mass is 9.88. The molecule has 3 fully saturated rings. The number of oxazole rings is 1. The first kappa shape index (κ1) is 38.7. The van der Waals surface area contributed by atoms with E-state index >= 15 is 0 Å². The van der Waals surface area contributed by atoms with Gasteiger partial charge < -0.3 is 24.5 Å². The number of nitrogens with zero attached hydrogens (tertiary/aromatic N) is 4. The highest BCUT2D eigenvalue weighted by molar-refractivity contribution is 5.78. The first-order valence-corrected chi connectivity index (χ1v) is 20.3.